The Bertz CT molecular complexity index is 1550. The monoisotopic (exact) mass is 588 g/mol. The predicted octanol–water partition coefficient (Wildman–Crippen LogP) is 5.58. The van der Waals surface area contributed by atoms with Gasteiger partial charge in [-0.1, -0.05) is 6.92 Å². The number of hydrogen-bond donors (Lipinski definition) is 4. The summed E-state index contributed by atoms with van der Waals surface area (Å²) in [5.41, 5.74) is 8.20. The van der Waals surface area contributed by atoms with Crippen LogP contribution in [0.3, 0.4) is 0 Å². The first-order valence-electron chi connectivity index (χ1n) is 15.4. The summed E-state index contributed by atoms with van der Waals surface area (Å²) in [4.78, 5) is 0. The van der Waals surface area contributed by atoms with Crippen molar-refractivity contribution < 1.29 is 33.9 Å². The highest BCUT2D eigenvalue weighted by Gasteiger charge is 2.39. The molecule has 4 aliphatic rings. The smallest absolute Gasteiger partial charge is 0.200 e. The van der Waals surface area contributed by atoms with Crippen molar-refractivity contribution in [2.24, 2.45) is 0 Å². The molecule has 0 spiro atoms. The fraction of sp³-hybridized carbons (Fsp3) is 0.471. The highest BCUT2D eigenvalue weighted by molar-refractivity contribution is 5.93. The second kappa shape index (κ2) is 11.4. The van der Waals surface area contributed by atoms with Gasteiger partial charge in [0.1, 0.15) is 24.0 Å². The molecule has 0 radical (unpaired) electrons. The molecule has 3 aromatic rings. The maximum atomic E-state index is 12.1. The van der Waals surface area contributed by atoms with Crippen molar-refractivity contribution in [3.05, 3.63) is 52.1 Å². The number of aromatic hydroxyl groups is 1. The van der Waals surface area contributed by atoms with Gasteiger partial charge in [0.25, 0.3) is 0 Å². The molecule has 7 rings (SSSR count). The third-order valence-corrected chi connectivity index (χ3v) is 9.43. The van der Waals surface area contributed by atoms with Crippen LogP contribution in [0.1, 0.15) is 72.4 Å². The summed E-state index contributed by atoms with van der Waals surface area (Å²) >= 11 is 0. The highest BCUT2D eigenvalue weighted by Crippen LogP contribution is 2.56. The molecule has 4 N–H and O–H groups in total. The summed E-state index contributed by atoms with van der Waals surface area (Å²) in [5, 5.41) is 29.8. The standard InChI is InChI=1S/C34H40N2O7/c1-4-35-17-42-26-14-25(39-2)20-9-10-21-31-24(36-15-22(26)30(20)31)13-27-32(21)33(37)23(16-41-27)18-11-28(40-3)34(38)29(12-18)43-19-7-5-6-8-19/h11-14,19,23,33,35-38H,4-10,15-17H2,1-3H3. The number of rotatable bonds is 9. The minimum Gasteiger partial charge on any atom is -0.502 e. The summed E-state index contributed by atoms with van der Waals surface area (Å²) in [6.45, 7) is 4.19. The van der Waals surface area contributed by atoms with Crippen molar-refractivity contribution in [1.29, 1.82) is 0 Å². The molecule has 1 saturated carbocycles. The lowest BCUT2D eigenvalue weighted by Gasteiger charge is -2.38. The lowest BCUT2D eigenvalue weighted by Crippen LogP contribution is -2.28. The Balaban J connectivity index is 1.30. The molecular weight excluding hydrogens is 548 g/mol. The molecule has 3 aromatic carbocycles. The van der Waals surface area contributed by atoms with E-state index < -0.39 is 6.10 Å². The molecule has 2 aliphatic carbocycles. The topological polar surface area (TPSA) is 111 Å². The third kappa shape index (κ3) is 4.69. The summed E-state index contributed by atoms with van der Waals surface area (Å²) in [6, 6.07) is 7.66. The van der Waals surface area contributed by atoms with Crippen molar-refractivity contribution in [2.45, 2.75) is 70.1 Å². The van der Waals surface area contributed by atoms with Crippen molar-refractivity contribution in [2.75, 3.05) is 39.4 Å². The lowest BCUT2D eigenvalue weighted by atomic mass is 9.74. The number of methoxy groups -OCH3 is 2. The van der Waals surface area contributed by atoms with Crippen LogP contribution in [0.5, 0.6) is 34.5 Å². The minimum atomic E-state index is -0.820. The second-order valence-electron chi connectivity index (χ2n) is 11.8. The normalized spacial score (nSPS) is 20.0. The van der Waals surface area contributed by atoms with Crippen molar-refractivity contribution in [3.63, 3.8) is 0 Å². The van der Waals surface area contributed by atoms with Crippen LogP contribution in [-0.2, 0) is 19.4 Å². The van der Waals surface area contributed by atoms with E-state index in [9.17, 15) is 10.2 Å². The first kappa shape index (κ1) is 28.0. The molecule has 0 saturated heterocycles. The van der Waals surface area contributed by atoms with Gasteiger partial charge in [-0.2, -0.15) is 0 Å². The highest BCUT2D eigenvalue weighted by atomic mass is 16.5. The zero-order valence-electron chi connectivity index (χ0n) is 25.0. The van der Waals surface area contributed by atoms with E-state index in [-0.39, 0.29) is 17.8 Å². The number of hydrogen-bond acceptors (Lipinski definition) is 9. The molecule has 2 heterocycles. The van der Waals surface area contributed by atoms with Crippen LogP contribution in [0.25, 0.3) is 11.1 Å². The third-order valence-electron chi connectivity index (χ3n) is 9.43. The van der Waals surface area contributed by atoms with Gasteiger partial charge in [0.2, 0.25) is 5.75 Å². The molecule has 9 nitrogen and oxygen atoms in total. The number of phenolic OH excluding ortho intramolecular Hbond substituents is 1. The van der Waals surface area contributed by atoms with Crippen LogP contribution in [0.4, 0.5) is 5.69 Å². The van der Waals surface area contributed by atoms with E-state index in [4.69, 9.17) is 23.7 Å². The van der Waals surface area contributed by atoms with Gasteiger partial charge in [-0.15, -0.1) is 0 Å². The number of benzene rings is 3. The Kier molecular flexibility index (Phi) is 7.39. The number of phenols is 1. The maximum Gasteiger partial charge on any atom is 0.200 e. The van der Waals surface area contributed by atoms with Crippen molar-refractivity contribution in [1.82, 2.24) is 5.32 Å². The van der Waals surface area contributed by atoms with Gasteiger partial charge in [0.05, 0.1) is 33.0 Å². The lowest BCUT2D eigenvalue weighted by molar-refractivity contribution is 0.0876. The summed E-state index contributed by atoms with van der Waals surface area (Å²) in [5.74, 6) is 2.66. The van der Waals surface area contributed by atoms with Crippen molar-refractivity contribution in [3.8, 4) is 45.6 Å². The molecule has 0 aromatic heterocycles. The fourth-order valence-corrected chi connectivity index (χ4v) is 7.28. The van der Waals surface area contributed by atoms with Gasteiger partial charge in [-0.25, -0.2) is 0 Å². The molecular formula is C34H40N2O7. The van der Waals surface area contributed by atoms with Gasteiger partial charge < -0.3 is 39.2 Å². The van der Waals surface area contributed by atoms with E-state index in [1.165, 1.54) is 12.7 Å². The second-order valence-corrected chi connectivity index (χ2v) is 11.8. The maximum absolute atomic E-state index is 12.1. The number of aliphatic hydroxyl groups is 1. The zero-order valence-corrected chi connectivity index (χ0v) is 25.0. The van der Waals surface area contributed by atoms with E-state index in [0.717, 1.165) is 95.6 Å². The first-order chi connectivity index (χ1) is 21.0. The fourth-order valence-electron chi connectivity index (χ4n) is 7.28. The quantitative estimate of drug-likeness (QED) is 0.188. The Morgan fingerprint density at radius 1 is 0.930 bits per heavy atom. The van der Waals surface area contributed by atoms with E-state index >= 15 is 0 Å². The molecule has 43 heavy (non-hydrogen) atoms. The predicted molar refractivity (Wildman–Crippen MR) is 163 cm³/mol. The number of nitrogens with one attached hydrogen (secondary N) is 2. The van der Waals surface area contributed by atoms with E-state index in [1.807, 2.05) is 25.1 Å². The molecule has 1 fully saturated rings. The molecule has 0 amide bonds. The van der Waals surface area contributed by atoms with Gasteiger partial charge in [-0.3, -0.25) is 5.32 Å². The van der Waals surface area contributed by atoms with Crippen LogP contribution in [-0.4, -0.2) is 50.4 Å². The Morgan fingerprint density at radius 2 is 1.70 bits per heavy atom. The molecule has 2 aliphatic heterocycles. The van der Waals surface area contributed by atoms with Gasteiger partial charge in [-0.05, 0) is 73.9 Å². The number of fused-ring (bicyclic) bond motifs is 2. The summed E-state index contributed by atoms with van der Waals surface area (Å²) in [7, 11) is 3.24. The SMILES string of the molecule is CCNCOc1cc(OC)c2c3c1CNc1cc4c(c(c1-3)CC2)C(O)C(c1cc(OC)c(O)c(OC2CCCC2)c1)CO4. The first-order valence-corrected chi connectivity index (χ1v) is 15.4. The average molecular weight is 589 g/mol. The van der Waals surface area contributed by atoms with Gasteiger partial charge in [0, 0.05) is 52.5 Å². The van der Waals surface area contributed by atoms with Crippen LogP contribution >= 0.6 is 0 Å². The largest absolute Gasteiger partial charge is 0.502 e. The van der Waals surface area contributed by atoms with Gasteiger partial charge in [0.15, 0.2) is 11.5 Å². The van der Waals surface area contributed by atoms with Crippen LogP contribution < -0.4 is 34.3 Å². The minimum absolute atomic E-state index is 0.00903. The average Bonchev–Trinajstić information content (AvgIpc) is 3.54. The van der Waals surface area contributed by atoms with Gasteiger partial charge >= 0.3 is 0 Å². The molecule has 228 valence electrons. The Morgan fingerprint density at radius 3 is 2.47 bits per heavy atom. The summed E-state index contributed by atoms with van der Waals surface area (Å²) < 4.78 is 30.2. The molecule has 9 heteroatoms. The number of anilines is 1. The molecule has 0 bridgehead atoms. The van der Waals surface area contributed by atoms with Crippen LogP contribution in [0.15, 0.2) is 24.3 Å². The Hall–Kier alpha value is -3.82. The van der Waals surface area contributed by atoms with E-state index in [0.29, 0.717) is 37.1 Å². The van der Waals surface area contributed by atoms with Crippen LogP contribution in [0.2, 0.25) is 0 Å². The molecule has 2 atom stereocenters. The summed E-state index contributed by atoms with van der Waals surface area (Å²) in [6.07, 6.45) is 4.95. The zero-order chi connectivity index (χ0) is 29.7. The number of ether oxygens (including phenoxy) is 5. The van der Waals surface area contributed by atoms with Crippen LogP contribution in [0, 0.1) is 0 Å². The number of aliphatic hydroxyl groups excluding tert-OH is 1. The van der Waals surface area contributed by atoms with E-state index in [1.54, 1.807) is 13.2 Å². The molecule has 2 unspecified atom stereocenters. The Labute approximate surface area is 252 Å². The van der Waals surface area contributed by atoms with Crippen molar-refractivity contribution >= 4 is 5.69 Å². The van der Waals surface area contributed by atoms with E-state index in [2.05, 4.69) is 10.6 Å².